The first-order valence-electron chi connectivity index (χ1n) is 13.2. The van der Waals surface area contributed by atoms with Gasteiger partial charge in [0.05, 0.1) is 29.2 Å². The molecule has 1 atom stereocenters. The average Bonchev–Trinajstić information content (AvgIpc) is 3.21. The summed E-state index contributed by atoms with van der Waals surface area (Å²) in [7, 11) is 2.21. The minimum Gasteiger partial charge on any atom is -0.304 e. The molecule has 2 fully saturated rings. The molecule has 1 aliphatic carbocycles. The topological polar surface area (TPSA) is 70.1 Å². The fourth-order valence-electron chi connectivity index (χ4n) is 6.03. The molecule has 7 heteroatoms. The van der Waals surface area contributed by atoms with Crippen LogP contribution >= 0.6 is 0 Å². The lowest BCUT2D eigenvalue weighted by Crippen LogP contribution is -2.54. The third kappa shape index (κ3) is 3.86. The van der Waals surface area contributed by atoms with E-state index in [2.05, 4.69) is 64.3 Å². The number of likely N-dealkylation sites (N-methyl/N-ethyl adjacent to an activating group) is 1. The van der Waals surface area contributed by atoms with Gasteiger partial charge in [0.2, 0.25) is 5.70 Å². The Morgan fingerprint density at radius 2 is 1.70 bits per heavy atom. The Kier molecular flexibility index (Phi) is 5.41. The van der Waals surface area contributed by atoms with Crippen LogP contribution in [0.5, 0.6) is 0 Å². The molecule has 0 bridgehead atoms. The number of benzene rings is 2. The molecule has 3 aliphatic heterocycles. The monoisotopic (exact) mass is 490 g/mol. The Morgan fingerprint density at radius 1 is 0.919 bits per heavy atom. The number of hydrogen-bond acceptors (Lipinski definition) is 6. The summed E-state index contributed by atoms with van der Waals surface area (Å²) in [6.07, 6.45) is 7.90. The predicted octanol–water partition coefficient (Wildman–Crippen LogP) is 4.15. The van der Waals surface area contributed by atoms with Crippen molar-refractivity contribution in [3.8, 4) is 11.3 Å². The van der Waals surface area contributed by atoms with Gasteiger partial charge in [-0.3, -0.25) is 9.89 Å². The zero-order chi connectivity index (χ0) is 25.0. The minimum absolute atomic E-state index is 0.0678. The zero-order valence-electron chi connectivity index (χ0n) is 21.2. The molecular weight excluding hydrogens is 458 g/mol. The molecule has 3 aromatic rings. The summed E-state index contributed by atoms with van der Waals surface area (Å²) in [5.74, 6) is 8.29. The van der Waals surface area contributed by atoms with E-state index in [9.17, 15) is 0 Å². The van der Waals surface area contributed by atoms with Gasteiger partial charge >= 0.3 is 0 Å². The number of hydrogen-bond donors (Lipinski definition) is 1. The Labute approximate surface area is 217 Å². The molecule has 186 valence electrons. The lowest BCUT2D eigenvalue weighted by Gasteiger charge is -2.45. The lowest BCUT2D eigenvalue weighted by molar-refractivity contribution is -0.750. The number of fused-ring (bicyclic) bond motifs is 2. The van der Waals surface area contributed by atoms with Gasteiger partial charge in [0.25, 0.3) is 5.84 Å². The Hall–Kier alpha value is -3.49. The van der Waals surface area contributed by atoms with Gasteiger partial charge in [0.1, 0.15) is 11.9 Å². The molecule has 2 aromatic carbocycles. The van der Waals surface area contributed by atoms with Crippen LogP contribution in [0.2, 0.25) is 0 Å². The van der Waals surface area contributed by atoms with Gasteiger partial charge in [-0.2, -0.15) is 10.8 Å². The largest absolute Gasteiger partial charge is 0.304 e. The second kappa shape index (κ2) is 8.82. The minimum atomic E-state index is 0.0678. The van der Waals surface area contributed by atoms with Gasteiger partial charge in [-0.1, -0.05) is 42.5 Å². The van der Waals surface area contributed by atoms with Crippen LogP contribution in [0.25, 0.3) is 22.2 Å². The zero-order valence-corrected chi connectivity index (χ0v) is 21.2. The first kappa shape index (κ1) is 22.7. The molecule has 7 nitrogen and oxygen atoms in total. The van der Waals surface area contributed by atoms with E-state index in [1.54, 1.807) is 6.20 Å². The van der Waals surface area contributed by atoms with Gasteiger partial charge < -0.3 is 4.90 Å². The molecule has 7 rings (SSSR count). The third-order valence-electron chi connectivity index (χ3n) is 8.40. The normalized spacial score (nSPS) is 27.9. The van der Waals surface area contributed by atoms with Gasteiger partial charge in [-0.25, -0.2) is 4.98 Å². The molecule has 1 saturated carbocycles. The van der Waals surface area contributed by atoms with Gasteiger partial charge in [-0.15, -0.1) is 4.59 Å². The maximum Gasteiger partial charge on any atom is 0.264 e. The molecule has 1 saturated heterocycles. The van der Waals surface area contributed by atoms with Crippen molar-refractivity contribution in [3.63, 3.8) is 0 Å². The van der Waals surface area contributed by atoms with Crippen molar-refractivity contribution in [1.29, 1.82) is 0 Å². The van der Waals surface area contributed by atoms with Crippen LogP contribution in [0.4, 0.5) is 0 Å². The molecule has 0 radical (unpaired) electrons. The number of allylic oxidation sites excluding steroid dienone is 2. The first-order chi connectivity index (χ1) is 18.1. The summed E-state index contributed by atoms with van der Waals surface area (Å²) >= 11 is 0. The second-order valence-electron chi connectivity index (χ2n) is 10.7. The van der Waals surface area contributed by atoms with Crippen molar-refractivity contribution in [2.45, 2.75) is 18.9 Å². The molecule has 1 aromatic heterocycles. The molecule has 4 heterocycles. The van der Waals surface area contributed by atoms with Crippen molar-refractivity contribution in [3.05, 3.63) is 90.0 Å². The molecule has 2 N–H and O–H groups in total. The summed E-state index contributed by atoms with van der Waals surface area (Å²) in [6.45, 7) is 4.62. The maximum atomic E-state index is 7.04. The quantitative estimate of drug-likeness (QED) is 0.441. The number of aromatic nitrogens is 1. The number of amidine groups is 1. The summed E-state index contributed by atoms with van der Waals surface area (Å²) in [4.78, 5) is 19.7. The number of nitrogens with two attached hydrogens (primary N) is 1. The van der Waals surface area contributed by atoms with E-state index >= 15 is 0 Å². The third-order valence-corrected chi connectivity index (χ3v) is 8.40. The average molecular weight is 491 g/mol. The van der Waals surface area contributed by atoms with E-state index in [-0.39, 0.29) is 4.59 Å². The molecule has 4 aliphatic rings. The molecule has 0 spiro atoms. The van der Waals surface area contributed by atoms with Crippen LogP contribution in [0, 0.1) is 5.92 Å². The van der Waals surface area contributed by atoms with Crippen molar-refractivity contribution in [2.75, 3.05) is 33.2 Å². The smallest absolute Gasteiger partial charge is 0.264 e. The highest BCUT2D eigenvalue weighted by atomic mass is 15.6. The van der Waals surface area contributed by atoms with E-state index in [1.807, 2.05) is 30.6 Å². The van der Waals surface area contributed by atoms with Crippen LogP contribution in [0.15, 0.2) is 94.4 Å². The Balaban J connectivity index is 1.20. The molecular formula is C30H32N7+. The van der Waals surface area contributed by atoms with Crippen LogP contribution < -0.4 is 5.84 Å². The Morgan fingerprint density at radius 3 is 2.51 bits per heavy atom. The van der Waals surface area contributed by atoms with Crippen molar-refractivity contribution >= 4 is 23.0 Å². The molecule has 1 unspecified atom stereocenters. The van der Waals surface area contributed by atoms with E-state index in [4.69, 9.17) is 15.8 Å². The lowest BCUT2D eigenvalue weighted by atomic mass is 9.76. The van der Waals surface area contributed by atoms with E-state index in [1.165, 1.54) is 0 Å². The molecule has 37 heavy (non-hydrogen) atoms. The van der Waals surface area contributed by atoms with Crippen LogP contribution in [0.1, 0.15) is 18.4 Å². The van der Waals surface area contributed by atoms with Crippen LogP contribution in [-0.2, 0) is 0 Å². The first-order valence-corrected chi connectivity index (χ1v) is 13.2. The SMILES string of the molecule is CN1CCN(C2CC(C3=C4C=NC=C[N+]4(N)C(c4ccc5ccc(-c6ccccc6)nc5c4)=N3)C2)CC1. The summed E-state index contributed by atoms with van der Waals surface area (Å²) in [5, 5.41) is 1.10. The van der Waals surface area contributed by atoms with Crippen molar-refractivity contribution in [1.82, 2.24) is 14.8 Å². The number of rotatable bonds is 4. The van der Waals surface area contributed by atoms with E-state index in [0.717, 1.165) is 84.0 Å². The summed E-state index contributed by atoms with van der Waals surface area (Å²) < 4.78 is 0.0678. The molecule has 0 amide bonds. The van der Waals surface area contributed by atoms with Crippen molar-refractivity contribution < 1.29 is 4.59 Å². The standard InChI is InChI=1S/C30H32N7/c1-35-12-14-36(15-13-35)25-17-24(18-25)29-28-20-32-11-16-37(28,31)30(34-29)23-8-7-22-9-10-26(33-27(22)19-23)21-5-3-2-4-6-21/h2-11,16,19-20,24-25H,12-15,17-18,31H2,1H3/q+1. The highest BCUT2D eigenvalue weighted by Gasteiger charge is 2.49. The summed E-state index contributed by atoms with van der Waals surface area (Å²) in [6, 6.07) is 21.5. The van der Waals surface area contributed by atoms with E-state index in [0.29, 0.717) is 12.0 Å². The number of pyridine rings is 1. The highest BCUT2D eigenvalue weighted by molar-refractivity contribution is 6.02. The number of piperazine rings is 1. The highest BCUT2D eigenvalue weighted by Crippen LogP contribution is 2.44. The fraction of sp³-hybridized carbons (Fsp3) is 0.300. The number of nitrogens with zero attached hydrogens (tertiary/aromatic N) is 6. The maximum absolute atomic E-state index is 7.04. The van der Waals surface area contributed by atoms with Crippen LogP contribution in [-0.4, -0.2) is 70.7 Å². The predicted molar refractivity (Wildman–Crippen MR) is 148 cm³/mol. The van der Waals surface area contributed by atoms with Crippen LogP contribution in [0.3, 0.4) is 0 Å². The fourth-order valence-corrected chi connectivity index (χ4v) is 6.03. The van der Waals surface area contributed by atoms with Gasteiger partial charge in [0.15, 0.2) is 0 Å². The summed E-state index contributed by atoms with van der Waals surface area (Å²) in [5.41, 5.74) is 6.10. The van der Waals surface area contributed by atoms with Gasteiger partial charge in [0, 0.05) is 49.1 Å². The number of quaternary nitrogens is 1. The van der Waals surface area contributed by atoms with E-state index < -0.39 is 0 Å². The number of aliphatic imine (C=N–C) groups is 2. The van der Waals surface area contributed by atoms with Gasteiger partial charge in [-0.05, 0) is 38.1 Å². The second-order valence-corrected chi connectivity index (χ2v) is 10.7. The Bertz CT molecular complexity index is 1470. The van der Waals surface area contributed by atoms with Crippen molar-refractivity contribution in [2.24, 2.45) is 21.7 Å².